The molecular weight excluding hydrogens is 448 g/mol. The van der Waals surface area contributed by atoms with Crippen molar-refractivity contribution in [3.05, 3.63) is 79.8 Å². The lowest BCUT2D eigenvalue weighted by Crippen LogP contribution is -2.14. The van der Waals surface area contributed by atoms with Gasteiger partial charge in [0, 0.05) is 29.6 Å². The molecule has 0 radical (unpaired) electrons. The first kappa shape index (κ1) is 21.4. The molecule has 0 fully saturated rings. The van der Waals surface area contributed by atoms with Crippen LogP contribution in [0.25, 0.3) is 11.3 Å². The molecule has 2 aromatic carbocycles. The number of nitrogens with one attached hydrogen (secondary N) is 1. The number of nitro groups is 1. The van der Waals surface area contributed by atoms with E-state index in [0.717, 1.165) is 11.3 Å². The molecule has 2 N–H and O–H groups in total. The van der Waals surface area contributed by atoms with Crippen molar-refractivity contribution in [1.82, 2.24) is 9.55 Å². The molecule has 0 aliphatic carbocycles. The Morgan fingerprint density at radius 2 is 1.97 bits per heavy atom. The maximum atomic E-state index is 10.8. The van der Waals surface area contributed by atoms with Crippen molar-refractivity contribution >= 4 is 45.4 Å². The first-order valence-corrected chi connectivity index (χ1v) is 11.3. The molecule has 0 saturated heterocycles. The number of nitro benzene ring substituents is 1. The zero-order valence-electron chi connectivity index (χ0n) is 16.9. The van der Waals surface area contributed by atoms with Gasteiger partial charge in [0.25, 0.3) is 5.69 Å². The van der Waals surface area contributed by atoms with Gasteiger partial charge in [0.1, 0.15) is 4.88 Å². The topological polar surface area (TPSA) is 118 Å². The van der Waals surface area contributed by atoms with E-state index in [0.29, 0.717) is 27.0 Å². The third kappa shape index (κ3) is 4.74. The zero-order chi connectivity index (χ0) is 22.5. The lowest BCUT2D eigenvalue weighted by atomic mass is 10.1. The fraction of sp³-hybridized carbons (Fsp3) is 0.0952. The van der Waals surface area contributed by atoms with Gasteiger partial charge in [0.2, 0.25) is 15.8 Å². The number of nitrogens with zero attached hydrogens (tertiary/aromatic N) is 5. The van der Waals surface area contributed by atoms with Gasteiger partial charge in [-0.25, -0.2) is 10.4 Å². The van der Waals surface area contributed by atoms with Crippen molar-refractivity contribution < 1.29 is 10.0 Å². The second-order valence-corrected chi connectivity index (χ2v) is 8.34. The fourth-order valence-electron chi connectivity index (χ4n) is 2.83. The highest BCUT2D eigenvalue weighted by Crippen LogP contribution is 2.26. The number of benzene rings is 2. The van der Waals surface area contributed by atoms with Crippen molar-refractivity contribution in [2.45, 2.75) is 13.5 Å². The van der Waals surface area contributed by atoms with Crippen LogP contribution in [0.15, 0.2) is 70.1 Å². The van der Waals surface area contributed by atoms with Crippen LogP contribution in [-0.4, -0.2) is 25.8 Å². The standard InChI is InChI=1S/C21H18N6O3S2/c1-2-26-19(28)18(12-22-15-6-4-3-5-7-15)32-21(26)25-24-20-23-17(13-31-20)14-8-10-16(11-9-14)27(29)30/h3-13,28H,2H2,1H3,(H,23,24). The molecule has 4 rings (SSSR count). The minimum Gasteiger partial charge on any atom is -0.493 e. The van der Waals surface area contributed by atoms with Gasteiger partial charge in [-0.05, 0) is 31.2 Å². The molecule has 0 aliphatic rings. The molecule has 0 amide bonds. The molecule has 0 atom stereocenters. The molecule has 0 spiro atoms. The quantitative estimate of drug-likeness (QED) is 0.226. The van der Waals surface area contributed by atoms with E-state index < -0.39 is 4.92 Å². The number of para-hydroxylation sites is 1. The predicted molar refractivity (Wildman–Crippen MR) is 127 cm³/mol. The van der Waals surface area contributed by atoms with Crippen LogP contribution >= 0.6 is 22.7 Å². The van der Waals surface area contributed by atoms with E-state index in [2.05, 4.69) is 20.5 Å². The summed E-state index contributed by atoms with van der Waals surface area (Å²) >= 11 is 2.67. The van der Waals surface area contributed by atoms with Gasteiger partial charge < -0.3 is 5.11 Å². The summed E-state index contributed by atoms with van der Waals surface area (Å²) in [7, 11) is 0. The van der Waals surface area contributed by atoms with Gasteiger partial charge in [0.15, 0.2) is 0 Å². The Kier molecular flexibility index (Phi) is 6.38. The van der Waals surface area contributed by atoms with Crippen molar-refractivity contribution in [2.75, 3.05) is 5.43 Å². The van der Waals surface area contributed by atoms with Gasteiger partial charge in [-0.2, -0.15) is 0 Å². The van der Waals surface area contributed by atoms with Crippen LogP contribution in [-0.2, 0) is 6.54 Å². The second-order valence-electron chi connectivity index (χ2n) is 6.48. The van der Waals surface area contributed by atoms with Crippen LogP contribution < -0.4 is 10.2 Å². The zero-order valence-corrected chi connectivity index (χ0v) is 18.5. The number of non-ortho nitro benzene ring substituents is 1. The molecule has 0 bridgehead atoms. The Bertz CT molecular complexity index is 1320. The summed E-state index contributed by atoms with van der Waals surface area (Å²) in [6, 6.07) is 15.7. The SMILES string of the molecule is CCn1c(O)c(C=Nc2ccccc2)sc1=NNc1nc(-c2ccc([N+](=O)[O-])cc2)cs1. The van der Waals surface area contributed by atoms with Crippen LogP contribution in [0.4, 0.5) is 16.5 Å². The van der Waals surface area contributed by atoms with Gasteiger partial charge >= 0.3 is 0 Å². The number of rotatable bonds is 7. The molecule has 11 heteroatoms. The average molecular weight is 467 g/mol. The number of aromatic nitrogens is 2. The molecule has 162 valence electrons. The van der Waals surface area contributed by atoms with Crippen LogP contribution in [0.5, 0.6) is 5.88 Å². The highest BCUT2D eigenvalue weighted by Gasteiger charge is 2.11. The second kappa shape index (κ2) is 9.54. The number of thiazole rings is 2. The van der Waals surface area contributed by atoms with Crippen LogP contribution in [0.2, 0.25) is 0 Å². The Labute approximate surface area is 190 Å². The molecule has 0 aliphatic heterocycles. The molecular formula is C21H18N6O3S2. The summed E-state index contributed by atoms with van der Waals surface area (Å²) in [6.07, 6.45) is 1.62. The smallest absolute Gasteiger partial charge is 0.269 e. The first-order chi connectivity index (χ1) is 15.5. The average Bonchev–Trinajstić information content (AvgIpc) is 3.41. The summed E-state index contributed by atoms with van der Waals surface area (Å²) in [5.74, 6) is 0.100. The summed E-state index contributed by atoms with van der Waals surface area (Å²) in [4.78, 5) is 20.4. The molecule has 9 nitrogen and oxygen atoms in total. The molecule has 4 aromatic rings. The van der Waals surface area contributed by atoms with Crippen molar-refractivity contribution in [3.63, 3.8) is 0 Å². The predicted octanol–water partition coefficient (Wildman–Crippen LogP) is 4.99. The molecule has 2 heterocycles. The van der Waals surface area contributed by atoms with E-state index in [-0.39, 0.29) is 11.6 Å². The van der Waals surface area contributed by atoms with Crippen molar-refractivity contribution in [3.8, 4) is 17.1 Å². The maximum absolute atomic E-state index is 10.8. The molecule has 0 saturated carbocycles. The largest absolute Gasteiger partial charge is 0.493 e. The number of aromatic hydroxyl groups is 1. The number of anilines is 1. The van der Waals surface area contributed by atoms with Crippen LogP contribution in [0, 0.1) is 10.1 Å². The highest BCUT2D eigenvalue weighted by molar-refractivity contribution is 7.14. The summed E-state index contributed by atoms with van der Waals surface area (Å²) in [5.41, 5.74) is 5.22. The van der Waals surface area contributed by atoms with E-state index >= 15 is 0 Å². The minimum absolute atomic E-state index is 0.0329. The van der Waals surface area contributed by atoms with E-state index in [4.69, 9.17) is 0 Å². The Hall–Kier alpha value is -3.83. The van der Waals surface area contributed by atoms with Crippen LogP contribution in [0.3, 0.4) is 0 Å². The first-order valence-electron chi connectivity index (χ1n) is 9.57. The number of aliphatic imine (C=N–C) groups is 1. The van der Waals surface area contributed by atoms with Crippen molar-refractivity contribution in [1.29, 1.82) is 0 Å². The van der Waals surface area contributed by atoms with Gasteiger partial charge in [0.05, 0.1) is 22.5 Å². The Morgan fingerprint density at radius 1 is 1.22 bits per heavy atom. The van der Waals surface area contributed by atoms with E-state index in [1.54, 1.807) is 22.9 Å². The van der Waals surface area contributed by atoms with E-state index in [1.165, 1.54) is 34.8 Å². The fourth-order valence-corrected chi connectivity index (χ4v) is 4.41. The van der Waals surface area contributed by atoms with Gasteiger partial charge in [-0.1, -0.05) is 29.5 Å². The van der Waals surface area contributed by atoms with Gasteiger partial charge in [-0.3, -0.25) is 19.7 Å². The number of hydrogen-bond acceptors (Lipinski definition) is 9. The van der Waals surface area contributed by atoms with Crippen molar-refractivity contribution in [2.24, 2.45) is 10.1 Å². The normalized spacial score (nSPS) is 11.8. The van der Waals surface area contributed by atoms with Crippen LogP contribution in [0.1, 0.15) is 11.8 Å². The third-order valence-electron chi connectivity index (χ3n) is 4.44. The highest BCUT2D eigenvalue weighted by atomic mass is 32.1. The van der Waals surface area contributed by atoms with Gasteiger partial charge in [-0.15, -0.1) is 16.4 Å². The molecule has 0 unspecified atom stereocenters. The molecule has 2 aromatic heterocycles. The third-order valence-corrected chi connectivity index (χ3v) is 6.19. The Morgan fingerprint density at radius 3 is 2.66 bits per heavy atom. The lowest BCUT2D eigenvalue weighted by Gasteiger charge is -1.99. The minimum atomic E-state index is -0.436. The monoisotopic (exact) mass is 466 g/mol. The molecule has 32 heavy (non-hydrogen) atoms. The number of hydrogen-bond donors (Lipinski definition) is 2. The summed E-state index contributed by atoms with van der Waals surface area (Å²) in [6.45, 7) is 2.45. The maximum Gasteiger partial charge on any atom is 0.269 e. The van der Waals surface area contributed by atoms with E-state index in [9.17, 15) is 15.2 Å². The summed E-state index contributed by atoms with van der Waals surface area (Å²) in [5, 5.41) is 28.1. The lowest BCUT2D eigenvalue weighted by molar-refractivity contribution is -0.384. The van der Waals surface area contributed by atoms with E-state index in [1.807, 2.05) is 42.6 Å². The summed E-state index contributed by atoms with van der Waals surface area (Å²) < 4.78 is 1.68. The Balaban J connectivity index is 1.54.